The summed E-state index contributed by atoms with van der Waals surface area (Å²) < 4.78 is 0. The molecule has 0 bridgehead atoms. The van der Waals surface area contributed by atoms with Crippen molar-refractivity contribution in [1.29, 1.82) is 0 Å². The molecule has 6 heteroatoms. The molecule has 0 N–H and O–H groups in total. The maximum absolute atomic E-state index is 13.0. The van der Waals surface area contributed by atoms with Crippen molar-refractivity contribution in [3.05, 3.63) is 53.4 Å². The van der Waals surface area contributed by atoms with Gasteiger partial charge >= 0.3 is 0 Å². The SMILES string of the molecule is Cc1nc(CC(C)C)cc(C(=O)N2CCC[C@@H](C(=O)c3ccccn3)C2)n1. The van der Waals surface area contributed by atoms with Crippen LogP contribution < -0.4 is 0 Å². The molecule has 1 fully saturated rings. The van der Waals surface area contributed by atoms with Crippen LogP contribution in [0.4, 0.5) is 0 Å². The van der Waals surface area contributed by atoms with Gasteiger partial charge in [-0.25, -0.2) is 9.97 Å². The van der Waals surface area contributed by atoms with Crippen LogP contribution in [0.1, 0.15) is 59.2 Å². The maximum atomic E-state index is 13.0. The number of amides is 1. The van der Waals surface area contributed by atoms with Crippen molar-refractivity contribution in [2.75, 3.05) is 13.1 Å². The Hall–Kier alpha value is -2.63. The van der Waals surface area contributed by atoms with E-state index in [1.165, 1.54) is 0 Å². The Bertz CT molecular complexity index is 820. The number of carbonyl (C=O) groups is 2. The molecule has 27 heavy (non-hydrogen) atoms. The Morgan fingerprint density at radius 3 is 2.74 bits per heavy atom. The van der Waals surface area contributed by atoms with Crippen LogP contribution in [0.15, 0.2) is 30.5 Å². The van der Waals surface area contributed by atoms with Gasteiger partial charge in [-0.15, -0.1) is 0 Å². The number of aromatic nitrogens is 3. The summed E-state index contributed by atoms with van der Waals surface area (Å²) in [5, 5.41) is 0. The van der Waals surface area contributed by atoms with Crippen LogP contribution in [-0.4, -0.2) is 44.6 Å². The van der Waals surface area contributed by atoms with Gasteiger partial charge in [-0.3, -0.25) is 14.6 Å². The van der Waals surface area contributed by atoms with Crippen LogP contribution in [0.5, 0.6) is 0 Å². The fourth-order valence-corrected chi connectivity index (χ4v) is 3.52. The molecule has 6 nitrogen and oxygen atoms in total. The predicted molar refractivity (Wildman–Crippen MR) is 103 cm³/mol. The fourth-order valence-electron chi connectivity index (χ4n) is 3.52. The van der Waals surface area contributed by atoms with Crippen molar-refractivity contribution < 1.29 is 9.59 Å². The first kappa shape index (κ1) is 19.1. The molecule has 142 valence electrons. The maximum Gasteiger partial charge on any atom is 0.272 e. The fraction of sp³-hybridized carbons (Fsp3) is 0.476. The smallest absolute Gasteiger partial charge is 0.272 e. The Morgan fingerprint density at radius 2 is 2.04 bits per heavy atom. The van der Waals surface area contributed by atoms with Gasteiger partial charge in [0.25, 0.3) is 5.91 Å². The number of likely N-dealkylation sites (tertiary alicyclic amines) is 1. The molecule has 0 saturated carbocycles. The lowest BCUT2D eigenvalue weighted by molar-refractivity contribution is 0.0630. The van der Waals surface area contributed by atoms with Crippen molar-refractivity contribution >= 4 is 11.7 Å². The number of piperidine rings is 1. The van der Waals surface area contributed by atoms with Gasteiger partial charge in [-0.05, 0) is 50.3 Å². The summed E-state index contributed by atoms with van der Waals surface area (Å²) in [6.07, 6.45) is 4.02. The van der Waals surface area contributed by atoms with Crippen molar-refractivity contribution in [3.63, 3.8) is 0 Å². The van der Waals surface area contributed by atoms with Crippen LogP contribution >= 0.6 is 0 Å². The summed E-state index contributed by atoms with van der Waals surface area (Å²) >= 11 is 0. The van der Waals surface area contributed by atoms with Crippen molar-refractivity contribution in [1.82, 2.24) is 19.9 Å². The number of Topliss-reactive ketones (excluding diaryl/α,β-unsaturated/α-hetero) is 1. The van der Waals surface area contributed by atoms with Crippen LogP contribution in [0, 0.1) is 18.8 Å². The molecule has 1 saturated heterocycles. The van der Waals surface area contributed by atoms with E-state index in [9.17, 15) is 9.59 Å². The number of carbonyl (C=O) groups excluding carboxylic acids is 2. The highest BCUT2D eigenvalue weighted by Crippen LogP contribution is 2.22. The number of hydrogen-bond acceptors (Lipinski definition) is 5. The van der Waals surface area contributed by atoms with Crippen LogP contribution in [0.25, 0.3) is 0 Å². The van der Waals surface area contributed by atoms with E-state index in [2.05, 4.69) is 28.8 Å². The van der Waals surface area contributed by atoms with E-state index in [1.807, 2.05) is 13.0 Å². The normalized spacial score (nSPS) is 17.2. The molecule has 0 radical (unpaired) electrons. The minimum atomic E-state index is -0.212. The highest BCUT2D eigenvalue weighted by Gasteiger charge is 2.30. The highest BCUT2D eigenvalue weighted by molar-refractivity contribution is 5.97. The van der Waals surface area contributed by atoms with Gasteiger partial charge in [0.15, 0.2) is 5.78 Å². The Labute approximate surface area is 160 Å². The largest absolute Gasteiger partial charge is 0.337 e. The number of pyridine rings is 1. The average Bonchev–Trinajstić information content (AvgIpc) is 2.66. The molecule has 2 aromatic heterocycles. The summed E-state index contributed by atoms with van der Waals surface area (Å²) in [7, 11) is 0. The highest BCUT2D eigenvalue weighted by atomic mass is 16.2. The van der Waals surface area contributed by atoms with E-state index in [0.29, 0.717) is 36.2 Å². The van der Waals surface area contributed by atoms with E-state index in [4.69, 9.17) is 0 Å². The standard InChI is InChI=1S/C21H26N4O2/c1-14(2)11-17-12-19(24-15(3)23-17)21(27)25-10-6-7-16(13-25)20(26)18-8-4-5-9-22-18/h4-5,8-9,12,14,16H,6-7,10-11,13H2,1-3H3/t16-/m1/s1. The first-order valence-corrected chi connectivity index (χ1v) is 9.53. The third-order valence-corrected chi connectivity index (χ3v) is 4.72. The zero-order chi connectivity index (χ0) is 19.4. The molecule has 1 atom stereocenters. The lowest BCUT2D eigenvalue weighted by Crippen LogP contribution is -2.42. The molecule has 3 rings (SSSR count). The van der Waals surface area contributed by atoms with Gasteiger partial charge < -0.3 is 4.90 Å². The lowest BCUT2D eigenvalue weighted by atomic mass is 9.91. The topological polar surface area (TPSA) is 76.1 Å². The Balaban J connectivity index is 1.75. The summed E-state index contributed by atoms with van der Waals surface area (Å²) in [5.41, 5.74) is 1.77. The Morgan fingerprint density at radius 1 is 1.22 bits per heavy atom. The molecule has 0 aromatic carbocycles. The molecule has 0 spiro atoms. The molecular weight excluding hydrogens is 340 g/mol. The van der Waals surface area contributed by atoms with Crippen molar-refractivity contribution in [2.45, 2.75) is 40.0 Å². The van der Waals surface area contributed by atoms with Crippen molar-refractivity contribution in [2.24, 2.45) is 11.8 Å². The second-order valence-electron chi connectivity index (χ2n) is 7.56. The lowest BCUT2D eigenvalue weighted by Gasteiger charge is -2.31. The molecule has 3 heterocycles. The van der Waals surface area contributed by atoms with E-state index < -0.39 is 0 Å². The first-order chi connectivity index (χ1) is 12.9. The van der Waals surface area contributed by atoms with Gasteiger partial charge in [-0.2, -0.15) is 0 Å². The second kappa shape index (κ2) is 8.37. The van der Waals surface area contributed by atoms with Crippen LogP contribution in [-0.2, 0) is 6.42 Å². The minimum absolute atomic E-state index is 0.00691. The molecule has 0 aliphatic carbocycles. The molecule has 1 amide bonds. The quantitative estimate of drug-likeness (QED) is 0.760. The first-order valence-electron chi connectivity index (χ1n) is 9.53. The zero-order valence-electron chi connectivity index (χ0n) is 16.2. The molecular formula is C21H26N4O2. The third kappa shape index (κ3) is 4.76. The molecule has 0 unspecified atom stereocenters. The van der Waals surface area contributed by atoms with Crippen molar-refractivity contribution in [3.8, 4) is 0 Å². The summed E-state index contributed by atoms with van der Waals surface area (Å²) in [4.78, 5) is 40.4. The zero-order valence-corrected chi connectivity index (χ0v) is 16.2. The number of aryl methyl sites for hydroxylation is 1. The predicted octanol–water partition coefficient (Wildman–Crippen LogP) is 3.11. The summed E-state index contributed by atoms with van der Waals surface area (Å²) in [6, 6.07) is 7.13. The number of ketones is 1. The van der Waals surface area contributed by atoms with Gasteiger partial charge in [-0.1, -0.05) is 19.9 Å². The van der Waals surface area contributed by atoms with Crippen LogP contribution in [0.3, 0.4) is 0 Å². The van der Waals surface area contributed by atoms with Gasteiger partial charge in [0.1, 0.15) is 17.2 Å². The number of hydrogen-bond donors (Lipinski definition) is 0. The monoisotopic (exact) mass is 366 g/mol. The average molecular weight is 366 g/mol. The Kier molecular flexibility index (Phi) is 5.94. The summed E-state index contributed by atoms with van der Waals surface area (Å²) in [6.45, 7) is 7.11. The number of nitrogens with zero attached hydrogens (tertiary/aromatic N) is 4. The number of rotatable bonds is 5. The molecule has 2 aromatic rings. The second-order valence-corrected chi connectivity index (χ2v) is 7.56. The van der Waals surface area contributed by atoms with Crippen LogP contribution in [0.2, 0.25) is 0 Å². The van der Waals surface area contributed by atoms with E-state index in [1.54, 1.807) is 29.3 Å². The van der Waals surface area contributed by atoms with Gasteiger partial charge in [0.05, 0.1) is 0 Å². The molecule has 1 aliphatic rings. The van der Waals surface area contributed by atoms with Gasteiger partial charge in [0, 0.05) is 30.9 Å². The summed E-state index contributed by atoms with van der Waals surface area (Å²) in [5.74, 6) is 0.736. The van der Waals surface area contributed by atoms with Gasteiger partial charge in [0.2, 0.25) is 0 Å². The van der Waals surface area contributed by atoms with E-state index in [0.717, 1.165) is 25.0 Å². The molecule has 1 aliphatic heterocycles. The minimum Gasteiger partial charge on any atom is -0.337 e. The third-order valence-electron chi connectivity index (χ3n) is 4.72. The van der Waals surface area contributed by atoms with E-state index >= 15 is 0 Å². The van der Waals surface area contributed by atoms with E-state index in [-0.39, 0.29) is 17.6 Å².